The summed E-state index contributed by atoms with van der Waals surface area (Å²) in [6.45, 7) is 9.40. The predicted molar refractivity (Wildman–Crippen MR) is 60.2 cm³/mol. The molecule has 0 aliphatic heterocycles. The van der Waals surface area contributed by atoms with E-state index in [4.69, 9.17) is 10.5 Å². The van der Waals surface area contributed by atoms with Crippen molar-refractivity contribution in [1.82, 2.24) is 0 Å². The summed E-state index contributed by atoms with van der Waals surface area (Å²) in [5, 5.41) is 0. The standard InChI is InChI=1S/C12H25NO/c1-11(2,3)7-9-14-10-12(4-5-12)6-8-13/h4-10,13H2,1-3H3. The Labute approximate surface area is 88.2 Å². The molecule has 1 aliphatic carbocycles. The molecule has 1 aliphatic rings. The summed E-state index contributed by atoms with van der Waals surface area (Å²) < 4.78 is 5.73. The quantitative estimate of drug-likeness (QED) is 0.667. The normalized spacial score (nSPS) is 19.7. The van der Waals surface area contributed by atoms with Crippen molar-refractivity contribution in [3.8, 4) is 0 Å². The van der Waals surface area contributed by atoms with Gasteiger partial charge in [0.2, 0.25) is 0 Å². The topological polar surface area (TPSA) is 35.2 Å². The van der Waals surface area contributed by atoms with Crippen molar-refractivity contribution in [2.75, 3.05) is 19.8 Å². The van der Waals surface area contributed by atoms with E-state index >= 15 is 0 Å². The van der Waals surface area contributed by atoms with Crippen LogP contribution in [-0.2, 0) is 4.74 Å². The second kappa shape index (κ2) is 4.63. The van der Waals surface area contributed by atoms with Gasteiger partial charge in [-0.25, -0.2) is 0 Å². The van der Waals surface area contributed by atoms with Gasteiger partial charge in [0.25, 0.3) is 0 Å². The Morgan fingerprint density at radius 2 is 1.93 bits per heavy atom. The van der Waals surface area contributed by atoms with E-state index in [0.717, 1.165) is 32.6 Å². The molecule has 0 aromatic rings. The molecule has 0 aromatic heterocycles. The van der Waals surface area contributed by atoms with Gasteiger partial charge in [-0.2, -0.15) is 0 Å². The maximum Gasteiger partial charge on any atom is 0.0522 e. The van der Waals surface area contributed by atoms with Gasteiger partial charge in [-0.3, -0.25) is 0 Å². The van der Waals surface area contributed by atoms with Crippen LogP contribution in [0.1, 0.15) is 46.5 Å². The Kier molecular flexibility index (Phi) is 3.96. The van der Waals surface area contributed by atoms with Gasteiger partial charge in [-0.15, -0.1) is 0 Å². The molecule has 1 saturated carbocycles. The maximum absolute atomic E-state index is 5.73. The fraction of sp³-hybridized carbons (Fsp3) is 1.00. The molecular weight excluding hydrogens is 174 g/mol. The molecule has 0 spiro atoms. The molecule has 1 fully saturated rings. The highest BCUT2D eigenvalue weighted by Crippen LogP contribution is 2.48. The Bertz CT molecular complexity index is 168. The fourth-order valence-electron chi connectivity index (χ4n) is 1.62. The van der Waals surface area contributed by atoms with E-state index in [1.807, 2.05) is 0 Å². The summed E-state index contributed by atoms with van der Waals surface area (Å²) in [5.41, 5.74) is 6.44. The molecule has 2 heteroatoms. The zero-order valence-corrected chi connectivity index (χ0v) is 9.94. The minimum Gasteiger partial charge on any atom is -0.381 e. The van der Waals surface area contributed by atoms with Crippen LogP contribution in [0.5, 0.6) is 0 Å². The highest BCUT2D eigenvalue weighted by atomic mass is 16.5. The van der Waals surface area contributed by atoms with Crippen LogP contribution in [0.4, 0.5) is 0 Å². The molecule has 84 valence electrons. The summed E-state index contributed by atoms with van der Waals surface area (Å²) in [6, 6.07) is 0. The van der Waals surface area contributed by atoms with Crippen LogP contribution in [0.25, 0.3) is 0 Å². The third-order valence-corrected chi connectivity index (χ3v) is 3.04. The largest absolute Gasteiger partial charge is 0.381 e. The Morgan fingerprint density at radius 1 is 1.29 bits per heavy atom. The molecule has 0 aromatic carbocycles. The molecule has 0 amide bonds. The fourth-order valence-corrected chi connectivity index (χ4v) is 1.62. The monoisotopic (exact) mass is 199 g/mol. The van der Waals surface area contributed by atoms with Crippen molar-refractivity contribution in [3.63, 3.8) is 0 Å². The number of ether oxygens (including phenoxy) is 1. The van der Waals surface area contributed by atoms with Crippen molar-refractivity contribution in [3.05, 3.63) is 0 Å². The molecule has 0 saturated heterocycles. The van der Waals surface area contributed by atoms with Gasteiger partial charge in [-0.1, -0.05) is 20.8 Å². The Balaban J connectivity index is 2.04. The van der Waals surface area contributed by atoms with Gasteiger partial charge < -0.3 is 10.5 Å². The lowest BCUT2D eigenvalue weighted by Crippen LogP contribution is -2.17. The summed E-state index contributed by atoms with van der Waals surface area (Å²) in [4.78, 5) is 0. The summed E-state index contributed by atoms with van der Waals surface area (Å²) in [6.07, 6.45) is 4.92. The average molecular weight is 199 g/mol. The first-order valence-electron chi connectivity index (χ1n) is 5.75. The molecule has 0 unspecified atom stereocenters. The zero-order valence-electron chi connectivity index (χ0n) is 9.94. The highest BCUT2D eigenvalue weighted by molar-refractivity contribution is 4.92. The van der Waals surface area contributed by atoms with Crippen LogP contribution in [0, 0.1) is 10.8 Å². The SMILES string of the molecule is CC(C)(C)CCOCC1(CCN)CC1. The number of hydrogen-bond donors (Lipinski definition) is 1. The minimum absolute atomic E-state index is 0.393. The molecule has 2 nitrogen and oxygen atoms in total. The lowest BCUT2D eigenvalue weighted by Gasteiger charge is -2.19. The van der Waals surface area contributed by atoms with Gasteiger partial charge in [0.05, 0.1) is 6.61 Å². The lowest BCUT2D eigenvalue weighted by molar-refractivity contribution is 0.0697. The third kappa shape index (κ3) is 4.43. The maximum atomic E-state index is 5.73. The van der Waals surface area contributed by atoms with Crippen molar-refractivity contribution >= 4 is 0 Å². The molecule has 0 atom stereocenters. The van der Waals surface area contributed by atoms with E-state index in [2.05, 4.69) is 20.8 Å². The first-order chi connectivity index (χ1) is 6.47. The Hall–Kier alpha value is -0.0800. The van der Waals surface area contributed by atoms with Crippen molar-refractivity contribution in [2.24, 2.45) is 16.6 Å². The summed E-state index contributed by atoms with van der Waals surface area (Å²) in [7, 11) is 0. The van der Waals surface area contributed by atoms with E-state index in [-0.39, 0.29) is 0 Å². The molecule has 0 heterocycles. The van der Waals surface area contributed by atoms with Crippen LogP contribution >= 0.6 is 0 Å². The van der Waals surface area contributed by atoms with Gasteiger partial charge in [0.1, 0.15) is 0 Å². The van der Waals surface area contributed by atoms with Crippen LogP contribution in [-0.4, -0.2) is 19.8 Å². The summed E-state index contributed by atoms with van der Waals surface area (Å²) >= 11 is 0. The van der Waals surface area contributed by atoms with Gasteiger partial charge in [0, 0.05) is 6.61 Å². The van der Waals surface area contributed by atoms with E-state index in [0.29, 0.717) is 10.8 Å². The predicted octanol–water partition coefficient (Wildman–Crippen LogP) is 2.57. The van der Waals surface area contributed by atoms with Crippen LogP contribution in [0.15, 0.2) is 0 Å². The van der Waals surface area contributed by atoms with Crippen LogP contribution < -0.4 is 5.73 Å². The molecule has 0 bridgehead atoms. The van der Waals surface area contributed by atoms with E-state index < -0.39 is 0 Å². The van der Waals surface area contributed by atoms with Crippen molar-refractivity contribution < 1.29 is 4.74 Å². The summed E-state index contributed by atoms with van der Waals surface area (Å²) in [5.74, 6) is 0. The first-order valence-corrected chi connectivity index (χ1v) is 5.75. The molecule has 1 rings (SSSR count). The van der Waals surface area contributed by atoms with Gasteiger partial charge >= 0.3 is 0 Å². The highest BCUT2D eigenvalue weighted by Gasteiger charge is 2.41. The van der Waals surface area contributed by atoms with Crippen LogP contribution in [0.3, 0.4) is 0 Å². The van der Waals surface area contributed by atoms with Crippen molar-refractivity contribution in [2.45, 2.75) is 46.5 Å². The number of rotatable bonds is 6. The molecule has 0 radical (unpaired) electrons. The van der Waals surface area contributed by atoms with E-state index in [1.54, 1.807) is 0 Å². The Morgan fingerprint density at radius 3 is 2.36 bits per heavy atom. The van der Waals surface area contributed by atoms with Crippen LogP contribution in [0.2, 0.25) is 0 Å². The molecule has 14 heavy (non-hydrogen) atoms. The number of hydrogen-bond acceptors (Lipinski definition) is 2. The third-order valence-electron chi connectivity index (χ3n) is 3.04. The zero-order chi connectivity index (χ0) is 10.7. The molecule has 2 N–H and O–H groups in total. The van der Waals surface area contributed by atoms with Gasteiger partial charge in [-0.05, 0) is 43.1 Å². The van der Waals surface area contributed by atoms with Gasteiger partial charge in [0.15, 0.2) is 0 Å². The van der Waals surface area contributed by atoms with E-state index in [1.165, 1.54) is 12.8 Å². The second-order valence-corrected chi connectivity index (χ2v) is 5.90. The van der Waals surface area contributed by atoms with E-state index in [9.17, 15) is 0 Å². The first kappa shape index (κ1) is 12.0. The second-order valence-electron chi connectivity index (χ2n) is 5.90. The van der Waals surface area contributed by atoms with Crippen molar-refractivity contribution in [1.29, 1.82) is 0 Å². The number of nitrogens with two attached hydrogens (primary N) is 1. The minimum atomic E-state index is 0.393. The molecular formula is C12H25NO. The lowest BCUT2D eigenvalue weighted by atomic mass is 9.93. The average Bonchev–Trinajstić information content (AvgIpc) is 2.79. The smallest absolute Gasteiger partial charge is 0.0522 e.